The normalized spacial score (nSPS) is 12.6. The zero-order chi connectivity index (χ0) is 13.5. The van der Waals surface area contributed by atoms with Crippen LogP contribution in [0.1, 0.15) is 18.5 Å². The fraction of sp³-hybridized carbons (Fsp3) is 0.462. The van der Waals surface area contributed by atoms with E-state index in [1.165, 1.54) is 0 Å². The molecule has 0 amide bonds. The van der Waals surface area contributed by atoms with Gasteiger partial charge < -0.3 is 14.9 Å². The number of phenolic OH excluding ortho intramolecular Hbond substituents is 1. The zero-order valence-electron chi connectivity index (χ0n) is 10.7. The summed E-state index contributed by atoms with van der Waals surface area (Å²) in [6, 6.07) is 6.77. The number of ether oxygens (including phenoxy) is 1. The molecule has 0 radical (unpaired) electrons. The number of hydrogen-bond acceptors (Lipinski definition) is 4. The fourth-order valence-corrected chi connectivity index (χ4v) is 1.83. The summed E-state index contributed by atoms with van der Waals surface area (Å²) in [5.74, 6) is -0.717. The van der Waals surface area contributed by atoms with Crippen LogP contribution in [0.3, 0.4) is 0 Å². The molecular weight excluding hydrogens is 234 g/mol. The van der Waals surface area contributed by atoms with Gasteiger partial charge in [0.25, 0.3) is 0 Å². The average Bonchev–Trinajstić information content (AvgIpc) is 2.34. The standard InChI is InChI=1S/C13H19NO4/c1-10(11-5-3-4-6-12(11)15)14(7-8-18-2)9-13(16)17/h3-6,10,15H,7-9H2,1-2H3,(H,16,17). The molecule has 0 saturated heterocycles. The Morgan fingerprint density at radius 1 is 1.44 bits per heavy atom. The Morgan fingerprint density at radius 2 is 2.11 bits per heavy atom. The molecule has 0 aliphatic carbocycles. The first-order valence-corrected chi connectivity index (χ1v) is 5.79. The summed E-state index contributed by atoms with van der Waals surface area (Å²) in [6.07, 6.45) is 0. The molecule has 0 bridgehead atoms. The Labute approximate surface area is 107 Å². The van der Waals surface area contributed by atoms with Crippen molar-refractivity contribution in [2.75, 3.05) is 26.8 Å². The van der Waals surface area contributed by atoms with Crippen LogP contribution in [0.4, 0.5) is 0 Å². The van der Waals surface area contributed by atoms with Gasteiger partial charge in [-0.15, -0.1) is 0 Å². The van der Waals surface area contributed by atoms with Crippen molar-refractivity contribution >= 4 is 5.97 Å². The van der Waals surface area contributed by atoms with Crippen LogP contribution < -0.4 is 0 Å². The van der Waals surface area contributed by atoms with Crippen molar-refractivity contribution in [1.82, 2.24) is 4.90 Å². The Morgan fingerprint density at radius 3 is 2.67 bits per heavy atom. The van der Waals surface area contributed by atoms with E-state index in [0.29, 0.717) is 13.2 Å². The lowest BCUT2D eigenvalue weighted by atomic mass is 10.1. The third-order valence-corrected chi connectivity index (χ3v) is 2.86. The van der Waals surface area contributed by atoms with Gasteiger partial charge in [-0.25, -0.2) is 0 Å². The lowest BCUT2D eigenvalue weighted by Gasteiger charge is -2.27. The minimum Gasteiger partial charge on any atom is -0.508 e. The lowest BCUT2D eigenvalue weighted by Crippen LogP contribution is -2.35. The second-order valence-corrected chi connectivity index (χ2v) is 4.09. The van der Waals surface area contributed by atoms with Gasteiger partial charge >= 0.3 is 5.97 Å². The van der Waals surface area contributed by atoms with Crippen LogP contribution in [0.2, 0.25) is 0 Å². The fourth-order valence-electron chi connectivity index (χ4n) is 1.83. The van der Waals surface area contributed by atoms with Gasteiger partial charge in [0.2, 0.25) is 0 Å². The van der Waals surface area contributed by atoms with E-state index < -0.39 is 5.97 Å². The van der Waals surface area contributed by atoms with Crippen LogP contribution in [0.15, 0.2) is 24.3 Å². The van der Waals surface area contributed by atoms with Crippen molar-refractivity contribution < 1.29 is 19.7 Å². The number of para-hydroxylation sites is 1. The number of aromatic hydroxyl groups is 1. The second-order valence-electron chi connectivity index (χ2n) is 4.09. The highest BCUT2D eigenvalue weighted by molar-refractivity contribution is 5.69. The summed E-state index contributed by atoms with van der Waals surface area (Å²) in [6.45, 7) is 2.73. The van der Waals surface area contributed by atoms with Gasteiger partial charge in [-0.3, -0.25) is 9.69 Å². The van der Waals surface area contributed by atoms with E-state index in [9.17, 15) is 9.90 Å². The van der Waals surface area contributed by atoms with Gasteiger partial charge in [0.05, 0.1) is 13.2 Å². The van der Waals surface area contributed by atoms with Crippen molar-refractivity contribution in [1.29, 1.82) is 0 Å². The van der Waals surface area contributed by atoms with Gasteiger partial charge in [-0.2, -0.15) is 0 Å². The molecule has 1 atom stereocenters. The van der Waals surface area contributed by atoms with E-state index in [1.54, 1.807) is 30.2 Å². The molecule has 0 aromatic heterocycles. The van der Waals surface area contributed by atoms with E-state index in [0.717, 1.165) is 5.56 Å². The summed E-state index contributed by atoms with van der Waals surface area (Å²) in [5.41, 5.74) is 0.717. The van der Waals surface area contributed by atoms with Crippen LogP contribution in [0.25, 0.3) is 0 Å². The first-order valence-electron chi connectivity index (χ1n) is 5.79. The highest BCUT2D eigenvalue weighted by Crippen LogP contribution is 2.27. The Kier molecular flexibility index (Phi) is 5.61. The minimum absolute atomic E-state index is 0.0845. The number of benzene rings is 1. The number of phenols is 1. The minimum atomic E-state index is -0.895. The first-order chi connectivity index (χ1) is 8.56. The Bertz CT molecular complexity index is 394. The Hall–Kier alpha value is -1.59. The third-order valence-electron chi connectivity index (χ3n) is 2.86. The van der Waals surface area contributed by atoms with Crippen molar-refractivity contribution in [3.63, 3.8) is 0 Å². The number of methoxy groups -OCH3 is 1. The van der Waals surface area contributed by atoms with E-state index >= 15 is 0 Å². The van der Waals surface area contributed by atoms with Gasteiger partial charge in [-0.1, -0.05) is 18.2 Å². The average molecular weight is 253 g/mol. The summed E-state index contributed by atoms with van der Waals surface area (Å²) >= 11 is 0. The van der Waals surface area contributed by atoms with Crippen molar-refractivity contribution in [2.45, 2.75) is 13.0 Å². The van der Waals surface area contributed by atoms with Crippen molar-refractivity contribution in [3.05, 3.63) is 29.8 Å². The highest BCUT2D eigenvalue weighted by atomic mass is 16.5. The molecule has 0 fully saturated rings. The molecule has 0 saturated carbocycles. The lowest BCUT2D eigenvalue weighted by molar-refractivity contribution is -0.139. The van der Waals surface area contributed by atoms with Crippen molar-refractivity contribution in [2.24, 2.45) is 0 Å². The second kappa shape index (κ2) is 6.98. The van der Waals surface area contributed by atoms with E-state index in [4.69, 9.17) is 9.84 Å². The van der Waals surface area contributed by atoms with Crippen LogP contribution in [0, 0.1) is 0 Å². The number of hydrogen-bond donors (Lipinski definition) is 2. The largest absolute Gasteiger partial charge is 0.508 e. The number of carbonyl (C=O) groups is 1. The Balaban J connectivity index is 2.83. The molecule has 100 valence electrons. The molecule has 0 heterocycles. The SMILES string of the molecule is COCCN(CC(=O)O)C(C)c1ccccc1O. The van der Waals surface area contributed by atoms with Crippen LogP contribution in [-0.2, 0) is 9.53 Å². The molecule has 2 N–H and O–H groups in total. The van der Waals surface area contributed by atoms with E-state index in [1.807, 2.05) is 13.0 Å². The zero-order valence-corrected chi connectivity index (χ0v) is 10.7. The first kappa shape index (κ1) is 14.5. The topological polar surface area (TPSA) is 70.0 Å². The summed E-state index contributed by atoms with van der Waals surface area (Å²) in [7, 11) is 1.57. The maximum atomic E-state index is 10.8. The number of carboxylic acid groups (broad SMARTS) is 1. The molecule has 5 heteroatoms. The van der Waals surface area contributed by atoms with Gasteiger partial charge in [0.1, 0.15) is 5.75 Å². The third kappa shape index (κ3) is 4.01. The predicted octanol–water partition coefficient (Wildman–Crippen LogP) is 1.49. The summed E-state index contributed by atoms with van der Waals surface area (Å²) in [5, 5.41) is 18.7. The maximum Gasteiger partial charge on any atom is 0.317 e. The number of nitrogens with zero attached hydrogens (tertiary/aromatic N) is 1. The highest BCUT2D eigenvalue weighted by Gasteiger charge is 2.20. The van der Waals surface area contributed by atoms with Gasteiger partial charge in [0.15, 0.2) is 0 Å². The number of aliphatic carboxylic acids is 1. The van der Waals surface area contributed by atoms with E-state index in [2.05, 4.69) is 0 Å². The van der Waals surface area contributed by atoms with E-state index in [-0.39, 0.29) is 18.3 Å². The molecule has 1 unspecified atom stereocenters. The molecule has 0 aliphatic rings. The smallest absolute Gasteiger partial charge is 0.317 e. The molecule has 0 spiro atoms. The molecule has 1 aromatic carbocycles. The predicted molar refractivity (Wildman–Crippen MR) is 67.6 cm³/mol. The molecular formula is C13H19NO4. The van der Waals surface area contributed by atoms with Crippen LogP contribution >= 0.6 is 0 Å². The quantitative estimate of drug-likeness (QED) is 0.770. The molecule has 5 nitrogen and oxygen atoms in total. The van der Waals surface area contributed by atoms with Crippen LogP contribution in [-0.4, -0.2) is 47.9 Å². The molecule has 0 aliphatic heterocycles. The van der Waals surface area contributed by atoms with Gasteiger partial charge in [-0.05, 0) is 13.0 Å². The van der Waals surface area contributed by atoms with Crippen LogP contribution in [0.5, 0.6) is 5.75 Å². The number of carboxylic acids is 1. The van der Waals surface area contributed by atoms with Crippen molar-refractivity contribution in [3.8, 4) is 5.75 Å². The molecule has 18 heavy (non-hydrogen) atoms. The summed E-state index contributed by atoms with van der Waals surface area (Å²) < 4.78 is 4.97. The summed E-state index contributed by atoms with van der Waals surface area (Å²) in [4.78, 5) is 12.6. The molecule has 1 rings (SSSR count). The number of rotatable bonds is 7. The van der Waals surface area contributed by atoms with Gasteiger partial charge in [0, 0.05) is 25.3 Å². The maximum absolute atomic E-state index is 10.8. The monoisotopic (exact) mass is 253 g/mol. The molecule has 1 aromatic rings.